The molecule has 2 amide bonds. The molecule has 0 radical (unpaired) electrons. The molecule has 4 heterocycles. The molecule has 9 heteroatoms. The highest BCUT2D eigenvalue weighted by Crippen LogP contribution is 2.28. The lowest BCUT2D eigenvalue weighted by Gasteiger charge is -2.31. The molecule has 1 atom stereocenters. The summed E-state index contributed by atoms with van der Waals surface area (Å²) in [6.45, 7) is 4.84. The average molecular weight is 466 g/mol. The summed E-state index contributed by atoms with van der Waals surface area (Å²) in [6.07, 6.45) is 3.30. The van der Waals surface area contributed by atoms with Gasteiger partial charge in [-0.25, -0.2) is 0 Å². The number of hydrogen-bond donors (Lipinski definition) is 1. The van der Waals surface area contributed by atoms with Gasteiger partial charge in [-0.05, 0) is 67.9 Å². The maximum atomic E-state index is 13.0. The fourth-order valence-corrected chi connectivity index (χ4v) is 5.26. The number of anilines is 2. The maximum absolute atomic E-state index is 13.0. The molecule has 0 saturated carbocycles. The van der Waals surface area contributed by atoms with E-state index in [0.29, 0.717) is 31.2 Å². The SMILES string of the molecule is Cc1cc(NC(=O)C2CCCN(Cc3nc(-c4cccs4)no3)C2)ccc1N1CCCC1=O. The molecule has 0 spiro atoms. The van der Waals surface area contributed by atoms with Crippen molar-refractivity contribution in [3.05, 3.63) is 47.2 Å². The van der Waals surface area contributed by atoms with Crippen LogP contribution in [0.2, 0.25) is 0 Å². The average Bonchev–Trinajstić information content (AvgIpc) is 3.56. The molecule has 3 aromatic rings. The Labute approximate surface area is 196 Å². The molecule has 0 bridgehead atoms. The molecule has 2 aromatic heterocycles. The van der Waals surface area contributed by atoms with Gasteiger partial charge in [0, 0.05) is 30.9 Å². The fourth-order valence-electron chi connectivity index (χ4n) is 4.61. The smallest absolute Gasteiger partial charge is 0.241 e. The van der Waals surface area contributed by atoms with E-state index < -0.39 is 0 Å². The quantitative estimate of drug-likeness (QED) is 0.590. The molecule has 1 unspecified atom stereocenters. The van der Waals surface area contributed by atoms with Crippen molar-refractivity contribution in [3.8, 4) is 10.7 Å². The van der Waals surface area contributed by atoms with Crippen molar-refractivity contribution in [1.29, 1.82) is 0 Å². The summed E-state index contributed by atoms with van der Waals surface area (Å²) in [4.78, 5) is 34.6. The molecule has 1 aromatic carbocycles. The normalized spacial score (nSPS) is 19.2. The summed E-state index contributed by atoms with van der Waals surface area (Å²) in [5, 5.41) is 9.13. The number of nitrogens with zero attached hydrogens (tertiary/aromatic N) is 4. The van der Waals surface area contributed by atoms with Gasteiger partial charge in [0.25, 0.3) is 0 Å². The Hall–Kier alpha value is -3.04. The minimum absolute atomic E-state index is 0.0221. The van der Waals surface area contributed by atoms with E-state index in [1.165, 1.54) is 0 Å². The summed E-state index contributed by atoms with van der Waals surface area (Å²) in [6, 6.07) is 9.70. The lowest BCUT2D eigenvalue weighted by atomic mass is 9.97. The third-order valence-corrected chi connectivity index (χ3v) is 7.14. The molecule has 172 valence electrons. The van der Waals surface area contributed by atoms with Crippen molar-refractivity contribution in [2.45, 2.75) is 39.2 Å². The zero-order valence-corrected chi connectivity index (χ0v) is 19.4. The Morgan fingerprint density at radius 3 is 2.94 bits per heavy atom. The Morgan fingerprint density at radius 2 is 2.18 bits per heavy atom. The van der Waals surface area contributed by atoms with Gasteiger partial charge < -0.3 is 14.7 Å². The second-order valence-corrected chi connectivity index (χ2v) is 9.65. The first-order chi connectivity index (χ1) is 16.1. The minimum Gasteiger partial charge on any atom is -0.338 e. The third kappa shape index (κ3) is 4.84. The van der Waals surface area contributed by atoms with Gasteiger partial charge in [0.05, 0.1) is 17.3 Å². The van der Waals surface area contributed by atoms with Crippen LogP contribution in [-0.4, -0.2) is 46.5 Å². The largest absolute Gasteiger partial charge is 0.338 e. The third-order valence-electron chi connectivity index (χ3n) is 6.27. The Bertz CT molecular complexity index is 1140. The number of rotatable bonds is 6. The number of likely N-dealkylation sites (tertiary alicyclic amines) is 1. The number of carbonyl (C=O) groups is 2. The summed E-state index contributed by atoms with van der Waals surface area (Å²) in [5.41, 5.74) is 2.69. The van der Waals surface area contributed by atoms with Crippen LogP contribution in [0.3, 0.4) is 0 Å². The van der Waals surface area contributed by atoms with Crippen LogP contribution in [0.5, 0.6) is 0 Å². The van der Waals surface area contributed by atoms with E-state index in [9.17, 15) is 9.59 Å². The molecule has 0 aliphatic carbocycles. The zero-order chi connectivity index (χ0) is 22.8. The summed E-state index contributed by atoms with van der Waals surface area (Å²) in [5.74, 6) is 1.27. The van der Waals surface area contributed by atoms with Gasteiger partial charge in [0.2, 0.25) is 23.5 Å². The molecule has 8 nitrogen and oxygen atoms in total. The monoisotopic (exact) mass is 465 g/mol. The number of carbonyl (C=O) groups excluding carboxylic acids is 2. The standard InChI is InChI=1S/C24H27N5O3S/c1-16-13-18(8-9-19(16)29-11-3-7-22(29)30)25-24(31)17-5-2-10-28(14-17)15-21-26-23(27-32-21)20-6-4-12-33-20/h4,6,8-9,12-13,17H,2-3,5,7,10-11,14-15H2,1H3,(H,25,31). The van der Waals surface area contributed by atoms with Crippen LogP contribution in [0.25, 0.3) is 10.7 Å². The predicted molar refractivity (Wildman–Crippen MR) is 127 cm³/mol. The Kier molecular flexibility index (Phi) is 6.24. The van der Waals surface area contributed by atoms with Crippen molar-refractivity contribution in [2.24, 2.45) is 5.92 Å². The van der Waals surface area contributed by atoms with Crippen molar-refractivity contribution >= 4 is 34.5 Å². The number of piperidine rings is 1. The van der Waals surface area contributed by atoms with E-state index in [2.05, 4.69) is 20.4 Å². The van der Waals surface area contributed by atoms with Gasteiger partial charge in [-0.3, -0.25) is 14.5 Å². The van der Waals surface area contributed by atoms with Crippen LogP contribution in [0.1, 0.15) is 37.1 Å². The highest BCUT2D eigenvalue weighted by molar-refractivity contribution is 7.13. The van der Waals surface area contributed by atoms with Gasteiger partial charge in [-0.15, -0.1) is 11.3 Å². The van der Waals surface area contributed by atoms with Gasteiger partial charge >= 0.3 is 0 Å². The Morgan fingerprint density at radius 1 is 1.27 bits per heavy atom. The first-order valence-corrected chi connectivity index (χ1v) is 12.3. The van der Waals surface area contributed by atoms with Crippen molar-refractivity contribution in [3.63, 3.8) is 0 Å². The number of aryl methyl sites for hydroxylation is 1. The van der Waals surface area contributed by atoms with Crippen LogP contribution in [0.4, 0.5) is 11.4 Å². The van der Waals surface area contributed by atoms with Crippen molar-refractivity contribution in [2.75, 3.05) is 29.9 Å². The molecule has 2 aliphatic rings. The molecule has 33 heavy (non-hydrogen) atoms. The highest BCUT2D eigenvalue weighted by Gasteiger charge is 2.28. The Balaban J connectivity index is 1.19. The van der Waals surface area contributed by atoms with Crippen LogP contribution in [0, 0.1) is 12.8 Å². The van der Waals surface area contributed by atoms with E-state index in [0.717, 1.165) is 54.2 Å². The number of hydrogen-bond acceptors (Lipinski definition) is 7. The van der Waals surface area contributed by atoms with Crippen molar-refractivity contribution in [1.82, 2.24) is 15.0 Å². The summed E-state index contributed by atoms with van der Waals surface area (Å²) < 4.78 is 5.43. The molecule has 5 rings (SSSR count). The number of thiophene rings is 1. The maximum Gasteiger partial charge on any atom is 0.241 e. The van der Waals surface area contributed by atoms with Crippen LogP contribution < -0.4 is 10.2 Å². The van der Waals surface area contributed by atoms with Gasteiger partial charge in [-0.2, -0.15) is 4.98 Å². The molecular weight excluding hydrogens is 438 g/mol. The van der Waals surface area contributed by atoms with Gasteiger partial charge in [0.15, 0.2) is 0 Å². The van der Waals surface area contributed by atoms with Gasteiger partial charge in [0.1, 0.15) is 0 Å². The lowest BCUT2D eigenvalue weighted by molar-refractivity contribution is -0.121. The second kappa shape index (κ2) is 9.44. The minimum atomic E-state index is -0.0985. The van der Waals surface area contributed by atoms with E-state index in [1.54, 1.807) is 11.3 Å². The van der Waals surface area contributed by atoms with E-state index in [1.807, 2.05) is 47.5 Å². The first kappa shape index (κ1) is 21.8. The molecule has 2 saturated heterocycles. The predicted octanol–water partition coefficient (Wildman–Crippen LogP) is 4.08. The van der Waals surface area contributed by atoms with Crippen LogP contribution in [0.15, 0.2) is 40.2 Å². The van der Waals surface area contributed by atoms with Gasteiger partial charge in [-0.1, -0.05) is 11.2 Å². The molecular formula is C24H27N5O3S. The highest BCUT2D eigenvalue weighted by atomic mass is 32.1. The molecule has 2 fully saturated rings. The molecule has 1 N–H and O–H groups in total. The topological polar surface area (TPSA) is 91.6 Å². The number of aromatic nitrogens is 2. The number of amides is 2. The summed E-state index contributed by atoms with van der Waals surface area (Å²) >= 11 is 1.58. The first-order valence-electron chi connectivity index (χ1n) is 11.4. The van der Waals surface area contributed by atoms with Crippen LogP contribution >= 0.6 is 11.3 Å². The summed E-state index contributed by atoms with van der Waals surface area (Å²) in [7, 11) is 0. The lowest BCUT2D eigenvalue weighted by Crippen LogP contribution is -2.40. The number of benzene rings is 1. The van der Waals surface area contributed by atoms with E-state index in [4.69, 9.17) is 4.52 Å². The van der Waals surface area contributed by atoms with E-state index >= 15 is 0 Å². The van der Waals surface area contributed by atoms with E-state index in [-0.39, 0.29) is 17.7 Å². The van der Waals surface area contributed by atoms with Crippen molar-refractivity contribution < 1.29 is 14.1 Å². The number of nitrogens with one attached hydrogen (secondary N) is 1. The second-order valence-electron chi connectivity index (χ2n) is 8.70. The van der Waals surface area contributed by atoms with Crippen LogP contribution in [-0.2, 0) is 16.1 Å². The fraction of sp³-hybridized carbons (Fsp3) is 0.417. The zero-order valence-electron chi connectivity index (χ0n) is 18.6. The molecule has 2 aliphatic heterocycles.